The molecule has 1 saturated heterocycles. The second-order valence-corrected chi connectivity index (χ2v) is 9.90. The Kier molecular flexibility index (Phi) is 7.12. The Hall–Kier alpha value is -1.44. The number of amides is 1. The zero-order valence-electron chi connectivity index (χ0n) is 17.1. The minimum Gasteiger partial charge on any atom is -0.339 e. The van der Waals surface area contributed by atoms with Crippen molar-refractivity contribution in [3.63, 3.8) is 0 Å². The first-order chi connectivity index (χ1) is 13.4. The van der Waals surface area contributed by atoms with Crippen LogP contribution < -0.4 is 0 Å². The highest BCUT2D eigenvalue weighted by atomic mass is 32.2. The number of benzene rings is 1. The molecule has 0 bridgehead atoms. The first-order valence-corrected chi connectivity index (χ1v) is 11.9. The van der Waals surface area contributed by atoms with E-state index < -0.39 is 10.0 Å². The van der Waals surface area contributed by atoms with Gasteiger partial charge in [0.2, 0.25) is 15.9 Å². The van der Waals surface area contributed by atoms with Crippen molar-refractivity contribution in [1.29, 1.82) is 0 Å². The lowest BCUT2D eigenvalue weighted by Gasteiger charge is -2.37. The predicted molar refractivity (Wildman–Crippen MR) is 111 cm³/mol. The molecule has 1 saturated carbocycles. The van der Waals surface area contributed by atoms with Crippen LogP contribution in [0.3, 0.4) is 0 Å². The maximum Gasteiger partial charge on any atom is 0.243 e. The van der Waals surface area contributed by atoms with Crippen LogP contribution in [0.1, 0.15) is 44.6 Å². The molecule has 2 aliphatic rings. The molecule has 156 valence electrons. The van der Waals surface area contributed by atoms with Crippen LogP contribution in [0.25, 0.3) is 0 Å². The van der Waals surface area contributed by atoms with Gasteiger partial charge in [-0.05, 0) is 38.8 Å². The molecule has 1 amide bonds. The van der Waals surface area contributed by atoms with E-state index in [2.05, 4.69) is 11.8 Å². The quantitative estimate of drug-likeness (QED) is 0.727. The maximum atomic E-state index is 12.8. The molecular formula is C21H33N3O3S. The largest absolute Gasteiger partial charge is 0.339 e. The summed E-state index contributed by atoms with van der Waals surface area (Å²) in [7, 11) is -3.46. The van der Waals surface area contributed by atoms with E-state index in [0.717, 1.165) is 24.9 Å². The first kappa shape index (κ1) is 21.3. The molecule has 1 aromatic rings. The normalized spacial score (nSPS) is 20.2. The minimum atomic E-state index is -3.46. The third-order valence-corrected chi connectivity index (χ3v) is 7.94. The lowest BCUT2D eigenvalue weighted by molar-refractivity contribution is -0.135. The number of likely N-dealkylation sites (N-methyl/N-ethyl adjacent to an activating group) is 1. The SMILES string of the molecule is CCN(C(=O)CN1CCN(S(=O)(=O)c2ccc(C)cc2)CC1)C1CCCCC1. The molecule has 0 radical (unpaired) electrons. The number of carbonyl (C=O) groups excluding carboxylic acids is 1. The van der Waals surface area contributed by atoms with Gasteiger partial charge in [-0.2, -0.15) is 4.31 Å². The van der Waals surface area contributed by atoms with Crippen LogP contribution >= 0.6 is 0 Å². The Balaban J connectivity index is 1.54. The smallest absolute Gasteiger partial charge is 0.243 e. The van der Waals surface area contributed by atoms with Crippen molar-refractivity contribution in [3.8, 4) is 0 Å². The van der Waals surface area contributed by atoms with Crippen LogP contribution in [0.4, 0.5) is 0 Å². The molecule has 2 fully saturated rings. The second-order valence-electron chi connectivity index (χ2n) is 7.96. The lowest BCUT2D eigenvalue weighted by atomic mass is 9.94. The maximum absolute atomic E-state index is 12.8. The van der Waals surface area contributed by atoms with Gasteiger partial charge in [0.1, 0.15) is 0 Å². The van der Waals surface area contributed by atoms with Gasteiger partial charge in [-0.15, -0.1) is 0 Å². The van der Waals surface area contributed by atoms with Gasteiger partial charge in [0.15, 0.2) is 0 Å². The summed E-state index contributed by atoms with van der Waals surface area (Å²) in [5.41, 5.74) is 1.04. The van der Waals surface area contributed by atoms with Crippen molar-refractivity contribution >= 4 is 15.9 Å². The monoisotopic (exact) mass is 407 g/mol. The number of rotatable bonds is 6. The summed E-state index contributed by atoms with van der Waals surface area (Å²) in [6.07, 6.45) is 5.93. The van der Waals surface area contributed by atoms with E-state index in [1.807, 2.05) is 24.0 Å². The summed E-state index contributed by atoms with van der Waals surface area (Å²) >= 11 is 0. The standard InChI is InChI=1S/C21H33N3O3S/c1-3-24(19-7-5-4-6-8-19)21(25)17-22-13-15-23(16-14-22)28(26,27)20-11-9-18(2)10-12-20/h9-12,19H,3-8,13-17H2,1-2H3. The summed E-state index contributed by atoms with van der Waals surface area (Å²) in [6.45, 7) is 7.20. The Labute approximate surface area is 169 Å². The molecule has 0 N–H and O–H groups in total. The number of piperazine rings is 1. The van der Waals surface area contributed by atoms with Crippen LogP contribution in [-0.2, 0) is 14.8 Å². The summed E-state index contributed by atoms with van der Waals surface area (Å²) in [4.78, 5) is 17.3. The van der Waals surface area contributed by atoms with Crippen LogP contribution in [0.15, 0.2) is 29.2 Å². The lowest BCUT2D eigenvalue weighted by Crippen LogP contribution is -2.52. The predicted octanol–water partition coefficient (Wildman–Crippen LogP) is 2.48. The molecule has 0 aromatic heterocycles. The fraction of sp³-hybridized carbons (Fsp3) is 0.667. The van der Waals surface area contributed by atoms with Gasteiger partial charge in [0.25, 0.3) is 0 Å². The van der Waals surface area contributed by atoms with Crippen LogP contribution in [0, 0.1) is 6.92 Å². The van der Waals surface area contributed by atoms with Gasteiger partial charge in [-0.1, -0.05) is 37.0 Å². The van der Waals surface area contributed by atoms with Crippen molar-refractivity contribution in [2.75, 3.05) is 39.3 Å². The van der Waals surface area contributed by atoms with Gasteiger partial charge >= 0.3 is 0 Å². The van der Waals surface area contributed by atoms with Gasteiger partial charge in [0.05, 0.1) is 11.4 Å². The molecule has 1 heterocycles. The van der Waals surface area contributed by atoms with E-state index in [4.69, 9.17) is 0 Å². The van der Waals surface area contributed by atoms with Gasteiger partial charge < -0.3 is 4.90 Å². The Morgan fingerprint density at radius 3 is 2.21 bits per heavy atom. The second kappa shape index (κ2) is 9.37. The summed E-state index contributed by atoms with van der Waals surface area (Å²) < 4.78 is 27.2. The average Bonchev–Trinajstić information content (AvgIpc) is 2.70. The van der Waals surface area contributed by atoms with Gasteiger partial charge in [0, 0.05) is 38.8 Å². The molecule has 7 heteroatoms. The highest BCUT2D eigenvalue weighted by Crippen LogP contribution is 2.23. The fourth-order valence-corrected chi connectivity index (χ4v) is 5.72. The van der Waals surface area contributed by atoms with Gasteiger partial charge in [-0.25, -0.2) is 8.42 Å². The van der Waals surface area contributed by atoms with Crippen molar-refractivity contribution in [2.45, 2.75) is 56.9 Å². The molecular weight excluding hydrogens is 374 g/mol. The number of nitrogens with zero attached hydrogens (tertiary/aromatic N) is 3. The number of aryl methyl sites for hydroxylation is 1. The molecule has 28 heavy (non-hydrogen) atoms. The van der Waals surface area contributed by atoms with Gasteiger partial charge in [-0.3, -0.25) is 9.69 Å². The fourth-order valence-electron chi connectivity index (χ4n) is 4.30. The number of hydrogen-bond donors (Lipinski definition) is 0. The van der Waals surface area contributed by atoms with E-state index in [1.165, 1.54) is 23.6 Å². The number of sulfonamides is 1. The summed E-state index contributed by atoms with van der Waals surface area (Å²) in [6, 6.07) is 7.38. The summed E-state index contributed by atoms with van der Waals surface area (Å²) in [5, 5.41) is 0. The number of carbonyl (C=O) groups is 1. The molecule has 3 rings (SSSR count). The molecule has 0 spiro atoms. The highest BCUT2D eigenvalue weighted by molar-refractivity contribution is 7.89. The molecule has 1 aliphatic carbocycles. The Bertz CT molecular complexity index is 750. The Morgan fingerprint density at radius 2 is 1.64 bits per heavy atom. The Morgan fingerprint density at radius 1 is 1.04 bits per heavy atom. The third kappa shape index (κ3) is 4.93. The van der Waals surface area contributed by atoms with Crippen molar-refractivity contribution < 1.29 is 13.2 Å². The number of hydrogen-bond acceptors (Lipinski definition) is 4. The van der Waals surface area contributed by atoms with Crippen molar-refractivity contribution in [3.05, 3.63) is 29.8 Å². The van der Waals surface area contributed by atoms with Crippen molar-refractivity contribution in [1.82, 2.24) is 14.1 Å². The third-order valence-electron chi connectivity index (χ3n) is 6.03. The zero-order chi connectivity index (χ0) is 20.1. The molecule has 1 aromatic carbocycles. The molecule has 1 aliphatic heterocycles. The van der Waals surface area contributed by atoms with Crippen LogP contribution in [0.5, 0.6) is 0 Å². The molecule has 0 unspecified atom stereocenters. The molecule has 6 nitrogen and oxygen atoms in total. The van der Waals surface area contributed by atoms with E-state index >= 15 is 0 Å². The van der Waals surface area contributed by atoms with Crippen molar-refractivity contribution in [2.24, 2.45) is 0 Å². The van der Waals surface area contributed by atoms with E-state index in [1.54, 1.807) is 12.1 Å². The molecule has 0 atom stereocenters. The summed E-state index contributed by atoms with van der Waals surface area (Å²) in [5.74, 6) is 0.184. The average molecular weight is 408 g/mol. The van der Waals surface area contributed by atoms with Crippen LogP contribution in [-0.4, -0.2) is 73.7 Å². The first-order valence-electron chi connectivity index (χ1n) is 10.5. The zero-order valence-corrected chi connectivity index (χ0v) is 18.0. The highest BCUT2D eigenvalue weighted by Gasteiger charge is 2.30. The van der Waals surface area contributed by atoms with E-state index in [9.17, 15) is 13.2 Å². The van der Waals surface area contributed by atoms with E-state index in [0.29, 0.717) is 43.7 Å². The van der Waals surface area contributed by atoms with E-state index in [-0.39, 0.29) is 5.91 Å². The van der Waals surface area contributed by atoms with Crippen LogP contribution in [0.2, 0.25) is 0 Å². The topological polar surface area (TPSA) is 60.9 Å². The minimum absolute atomic E-state index is 0.184.